The van der Waals surface area contributed by atoms with Gasteiger partial charge in [-0.25, -0.2) is 0 Å². The maximum absolute atomic E-state index is 11.6. The third kappa shape index (κ3) is 2.74. The first-order valence-corrected chi connectivity index (χ1v) is 4.32. The van der Waals surface area contributed by atoms with E-state index in [1.54, 1.807) is 24.3 Å². The molecule has 0 N–H and O–H groups in total. The lowest BCUT2D eigenvalue weighted by Crippen LogP contribution is -1.88. The Kier molecular flexibility index (Phi) is 3.94. The fourth-order valence-corrected chi connectivity index (χ4v) is 1.10. The Morgan fingerprint density at radius 1 is 1.25 bits per heavy atom. The fraction of sp³-hybridized carbons (Fsp3) is 0.143. The Morgan fingerprint density at radius 2 is 1.92 bits per heavy atom. The average Bonchev–Trinajstić information content (AvgIpc) is 2.16. The Hall–Kier alpha value is -0.700. The second-order valence-electron chi connectivity index (χ2n) is 1.88. The van der Waals surface area contributed by atoms with Gasteiger partial charge in [-0.1, -0.05) is 22.9 Å². The van der Waals surface area contributed by atoms with Gasteiger partial charge < -0.3 is 9.05 Å². The van der Waals surface area contributed by atoms with E-state index in [1.165, 1.54) is 7.11 Å². The molecule has 3 nitrogen and oxygen atoms in total. The summed E-state index contributed by atoms with van der Waals surface area (Å²) in [5.41, 5.74) is 0. The summed E-state index contributed by atoms with van der Waals surface area (Å²) in [5.74, 6) is 0.517. The molecule has 1 rings (SSSR count). The summed E-state index contributed by atoms with van der Waals surface area (Å²) in [6.45, 7) is 0. The molecule has 0 amide bonds. The Morgan fingerprint density at radius 3 is 2.42 bits per heavy atom. The van der Waals surface area contributed by atoms with Gasteiger partial charge in [0, 0.05) is 7.11 Å². The second-order valence-corrected chi connectivity index (χ2v) is 3.01. The van der Waals surface area contributed by atoms with E-state index in [4.69, 9.17) is 4.52 Å². The van der Waals surface area contributed by atoms with Crippen molar-refractivity contribution in [1.29, 1.82) is 0 Å². The van der Waals surface area contributed by atoms with E-state index < -0.39 is 8.60 Å². The van der Waals surface area contributed by atoms with Gasteiger partial charge in [0.2, 0.25) is 0 Å². The molecule has 0 radical (unpaired) electrons. The van der Waals surface area contributed by atoms with Gasteiger partial charge in [0.25, 0.3) is 0 Å². The van der Waals surface area contributed by atoms with Crippen LogP contribution < -0.4 is 4.52 Å². The van der Waals surface area contributed by atoms with Crippen LogP contribution in [0.4, 0.5) is 4.53 Å². The van der Waals surface area contributed by atoms with Crippen molar-refractivity contribution >= 4 is 8.60 Å². The van der Waals surface area contributed by atoms with Crippen LogP contribution in [0, 0.1) is 0 Å². The van der Waals surface area contributed by atoms with Crippen molar-refractivity contribution in [2.45, 2.75) is 0 Å². The van der Waals surface area contributed by atoms with Crippen molar-refractivity contribution in [2.24, 2.45) is 0 Å². The highest BCUT2D eigenvalue weighted by Crippen LogP contribution is 2.39. The fourth-order valence-electron chi connectivity index (χ4n) is 0.647. The SMILES string of the molecule is COP(OF)Oc1ccccc1. The van der Waals surface area contributed by atoms with Crippen LogP contribution in [0.25, 0.3) is 0 Å². The van der Waals surface area contributed by atoms with Gasteiger partial charge in [0.1, 0.15) is 5.75 Å². The minimum Gasteiger partial charge on any atom is -0.425 e. The van der Waals surface area contributed by atoms with Crippen LogP contribution >= 0.6 is 8.60 Å². The summed E-state index contributed by atoms with van der Waals surface area (Å²) in [6.07, 6.45) is 0. The molecule has 1 unspecified atom stereocenters. The molecule has 12 heavy (non-hydrogen) atoms. The van der Waals surface area contributed by atoms with Crippen molar-refractivity contribution < 1.29 is 18.3 Å². The molecule has 0 heterocycles. The normalized spacial score (nSPS) is 12.5. The lowest BCUT2D eigenvalue weighted by atomic mass is 10.3. The molecular formula is C7H8FO3P. The molecule has 1 aromatic rings. The Bertz CT molecular complexity index is 215. The van der Waals surface area contributed by atoms with Crippen molar-refractivity contribution in [3.63, 3.8) is 0 Å². The smallest absolute Gasteiger partial charge is 0.425 e. The van der Waals surface area contributed by atoms with E-state index in [-0.39, 0.29) is 0 Å². The van der Waals surface area contributed by atoms with Crippen LogP contribution in [0.2, 0.25) is 0 Å². The van der Waals surface area contributed by atoms with Gasteiger partial charge in [0.15, 0.2) is 0 Å². The van der Waals surface area contributed by atoms with Crippen molar-refractivity contribution in [2.75, 3.05) is 7.11 Å². The van der Waals surface area contributed by atoms with Crippen molar-refractivity contribution in [1.82, 2.24) is 0 Å². The number of rotatable bonds is 4. The van der Waals surface area contributed by atoms with Gasteiger partial charge >= 0.3 is 8.60 Å². The van der Waals surface area contributed by atoms with Crippen LogP contribution in [-0.2, 0) is 9.25 Å². The number of benzene rings is 1. The predicted molar refractivity (Wildman–Crippen MR) is 43.2 cm³/mol. The zero-order valence-electron chi connectivity index (χ0n) is 6.44. The van der Waals surface area contributed by atoms with Gasteiger partial charge in [-0.3, -0.25) is 0 Å². The largest absolute Gasteiger partial charge is 0.431 e. The van der Waals surface area contributed by atoms with E-state index in [2.05, 4.69) is 9.25 Å². The van der Waals surface area contributed by atoms with Gasteiger partial charge in [0.05, 0.1) is 0 Å². The zero-order chi connectivity index (χ0) is 8.81. The molecule has 0 aliphatic carbocycles. The van der Waals surface area contributed by atoms with Gasteiger partial charge in [-0.2, -0.15) is 0 Å². The number of para-hydroxylation sites is 1. The molecular weight excluding hydrogens is 182 g/mol. The van der Waals surface area contributed by atoms with Crippen LogP contribution in [0.5, 0.6) is 5.75 Å². The third-order valence-corrected chi connectivity index (χ3v) is 1.90. The highest BCUT2D eigenvalue weighted by molar-refractivity contribution is 7.41. The molecule has 0 bridgehead atoms. The standard InChI is InChI=1S/C7H8FO3P/c1-9-12(11-8)10-7-5-3-2-4-6-7/h2-6H,1H3. The molecule has 5 heteroatoms. The van der Waals surface area contributed by atoms with Crippen LogP contribution in [0.1, 0.15) is 0 Å². The minimum absolute atomic E-state index is 0.517. The minimum atomic E-state index is -1.90. The lowest BCUT2D eigenvalue weighted by molar-refractivity contribution is -0.0215. The summed E-state index contributed by atoms with van der Waals surface area (Å²) < 4.78 is 24.6. The molecule has 1 aromatic carbocycles. The van der Waals surface area contributed by atoms with Gasteiger partial charge in [-0.05, 0) is 16.7 Å². The number of halogens is 1. The molecule has 66 valence electrons. The second kappa shape index (κ2) is 5.04. The number of hydrogen-bond acceptors (Lipinski definition) is 3. The van der Waals surface area contributed by atoms with E-state index >= 15 is 0 Å². The summed E-state index contributed by atoms with van der Waals surface area (Å²) >= 11 is 0. The molecule has 0 fully saturated rings. The predicted octanol–water partition coefficient (Wildman–Crippen LogP) is 2.84. The molecule has 1 atom stereocenters. The van der Waals surface area contributed by atoms with Gasteiger partial charge in [-0.15, -0.1) is 0 Å². The molecule has 0 aliphatic rings. The number of hydrogen-bond donors (Lipinski definition) is 0. The van der Waals surface area contributed by atoms with E-state index in [1.807, 2.05) is 6.07 Å². The summed E-state index contributed by atoms with van der Waals surface area (Å²) in [5, 5.41) is 0. The topological polar surface area (TPSA) is 27.7 Å². The molecule has 0 saturated heterocycles. The Balaban J connectivity index is 2.51. The summed E-state index contributed by atoms with van der Waals surface area (Å²) in [4.78, 5) is 0. The van der Waals surface area contributed by atoms with E-state index in [0.717, 1.165) is 0 Å². The Labute approximate surface area is 71.0 Å². The molecule has 0 aromatic heterocycles. The van der Waals surface area contributed by atoms with Crippen molar-refractivity contribution in [3.8, 4) is 5.75 Å². The summed E-state index contributed by atoms with van der Waals surface area (Å²) in [6, 6.07) is 8.76. The lowest BCUT2D eigenvalue weighted by Gasteiger charge is -2.08. The highest BCUT2D eigenvalue weighted by atomic mass is 31.2. The first-order chi connectivity index (χ1) is 5.86. The monoisotopic (exact) mass is 190 g/mol. The maximum atomic E-state index is 11.6. The first-order valence-electron chi connectivity index (χ1n) is 3.23. The first kappa shape index (κ1) is 9.39. The van der Waals surface area contributed by atoms with Crippen LogP contribution in [0.15, 0.2) is 30.3 Å². The zero-order valence-corrected chi connectivity index (χ0v) is 7.33. The van der Waals surface area contributed by atoms with Crippen LogP contribution in [-0.4, -0.2) is 7.11 Å². The molecule has 0 spiro atoms. The summed E-state index contributed by atoms with van der Waals surface area (Å²) in [7, 11) is -0.585. The van der Waals surface area contributed by atoms with Crippen LogP contribution in [0.3, 0.4) is 0 Å². The molecule has 0 saturated carbocycles. The van der Waals surface area contributed by atoms with E-state index in [0.29, 0.717) is 5.75 Å². The third-order valence-electron chi connectivity index (χ3n) is 1.13. The van der Waals surface area contributed by atoms with Crippen molar-refractivity contribution in [3.05, 3.63) is 30.3 Å². The molecule has 0 aliphatic heterocycles. The highest BCUT2D eigenvalue weighted by Gasteiger charge is 2.12. The maximum Gasteiger partial charge on any atom is 0.431 e. The average molecular weight is 190 g/mol. The van der Waals surface area contributed by atoms with E-state index in [9.17, 15) is 4.53 Å². The quantitative estimate of drug-likeness (QED) is 0.683.